The Kier molecular flexibility index (Phi) is 7.57. The van der Waals surface area contributed by atoms with E-state index in [0.29, 0.717) is 50.6 Å². The number of rotatable bonds is 4. The summed E-state index contributed by atoms with van der Waals surface area (Å²) in [4.78, 5) is 42.0. The SMILES string of the molecule is CN1C(=O)c2cc(NC(=O)c3ccc(F)c(F)c3)ccc2OC[C@H]2O[C@H](CC(=O)N3CCOCC3)CC[C@@H]21. The van der Waals surface area contributed by atoms with Gasteiger partial charge in [-0.3, -0.25) is 14.4 Å². The molecule has 0 radical (unpaired) electrons. The number of nitrogens with one attached hydrogen (secondary N) is 1. The molecule has 2 aromatic rings. The second-order valence-electron chi connectivity index (χ2n) is 9.66. The molecule has 2 saturated heterocycles. The number of morpholine rings is 1. The summed E-state index contributed by atoms with van der Waals surface area (Å²) in [5.41, 5.74) is 0.514. The summed E-state index contributed by atoms with van der Waals surface area (Å²) in [5.74, 6) is -2.75. The molecule has 38 heavy (non-hydrogen) atoms. The van der Waals surface area contributed by atoms with Gasteiger partial charge < -0.3 is 29.3 Å². The molecule has 0 unspecified atom stereocenters. The van der Waals surface area contributed by atoms with E-state index in [1.807, 2.05) is 0 Å². The van der Waals surface area contributed by atoms with Crippen LogP contribution in [0.15, 0.2) is 36.4 Å². The van der Waals surface area contributed by atoms with Crippen LogP contribution in [0.1, 0.15) is 40.0 Å². The van der Waals surface area contributed by atoms with Crippen LogP contribution in [0.25, 0.3) is 0 Å². The molecular weight excluding hydrogens is 500 g/mol. The fourth-order valence-electron chi connectivity index (χ4n) is 5.08. The normalized spacial score (nSPS) is 23.4. The van der Waals surface area contributed by atoms with Crippen LogP contribution in [0.4, 0.5) is 14.5 Å². The van der Waals surface area contributed by atoms with Gasteiger partial charge in [-0.15, -0.1) is 0 Å². The predicted molar refractivity (Wildman–Crippen MR) is 132 cm³/mol. The van der Waals surface area contributed by atoms with Crippen molar-refractivity contribution in [2.24, 2.45) is 0 Å². The summed E-state index contributed by atoms with van der Waals surface area (Å²) in [6.07, 6.45) is 0.900. The maximum Gasteiger partial charge on any atom is 0.257 e. The fourth-order valence-corrected chi connectivity index (χ4v) is 5.08. The molecule has 3 atom stereocenters. The molecule has 11 heteroatoms. The van der Waals surface area contributed by atoms with Crippen molar-refractivity contribution in [2.75, 3.05) is 45.3 Å². The number of anilines is 1. The molecule has 5 rings (SSSR count). The van der Waals surface area contributed by atoms with Crippen molar-refractivity contribution in [3.8, 4) is 5.75 Å². The quantitative estimate of drug-likeness (QED) is 0.655. The number of carbonyl (C=O) groups excluding carboxylic acids is 3. The lowest BCUT2D eigenvalue weighted by atomic mass is 9.94. The first-order valence-corrected chi connectivity index (χ1v) is 12.6. The van der Waals surface area contributed by atoms with Gasteiger partial charge >= 0.3 is 0 Å². The standard InChI is InChI=1S/C27H29F2N3O6/c1-31-22-6-4-18(14-25(33)32-8-10-36-11-9-32)38-24(22)15-37-23-7-3-17(13-19(23)27(31)35)30-26(34)16-2-5-20(28)21(29)12-16/h2-3,5,7,12-13,18,22,24H,4,6,8-11,14-15H2,1H3,(H,30,34)/t18-,22-,24+/m0/s1. The number of carbonyl (C=O) groups is 3. The molecule has 202 valence electrons. The van der Waals surface area contributed by atoms with Crippen molar-refractivity contribution < 1.29 is 37.4 Å². The van der Waals surface area contributed by atoms with Gasteiger partial charge in [0.1, 0.15) is 18.5 Å². The topological polar surface area (TPSA) is 97.4 Å². The van der Waals surface area contributed by atoms with Crippen LogP contribution in [0, 0.1) is 11.6 Å². The smallest absolute Gasteiger partial charge is 0.257 e. The molecule has 0 aromatic heterocycles. The number of hydrogen-bond acceptors (Lipinski definition) is 6. The second kappa shape index (κ2) is 11.0. The van der Waals surface area contributed by atoms with Crippen molar-refractivity contribution in [2.45, 2.75) is 37.5 Å². The van der Waals surface area contributed by atoms with E-state index in [9.17, 15) is 23.2 Å². The summed E-state index contributed by atoms with van der Waals surface area (Å²) in [5, 5.41) is 2.61. The highest BCUT2D eigenvalue weighted by Gasteiger charge is 2.39. The van der Waals surface area contributed by atoms with Crippen molar-refractivity contribution in [1.29, 1.82) is 0 Å². The van der Waals surface area contributed by atoms with E-state index in [1.54, 1.807) is 29.0 Å². The number of amides is 3. The summed E-state index contributed by atoms with van der Waals surface area (Å²) >= 11 is 0. The van der Waals surface area contributed by atoms with Crippen LogP contribution in [-0.2, 0) is 14.3 Å². The van der Waals surface area contributed by atoms with Gasteiger partial charge in [0.05, 0.1) is 37.3 Å². The van der Waals surface area contributed by atoms with E-state index in [-0.39, 0.29) is 48.1 Å². The summed E-state index contributed by atoms with van der Waals surface area (Å²) < 4.78 is 44.3. The number of halogens is 2. The van der Waals surface area contributed by atoms with Gasteiger partial charge in [0, 0.05) is 31.4 Å². The van der Waals surface area contributed by atoms with Gasteiger partial charge in [0.15, 0.2) is 11.6 Å². The summed E-state index contributed by atoms with van der Waals surface area (Å²) in [6, 6.07) is 7.26. The number of nitrogens with zero attached hydrogens (tertiary/aromatic N) is 2. The number of ether oxygens (including phenoxy) is 3. The van der Waals surface area contributed by atoms with Crippen molar-refractivity contribution in [3.63, 3.8) is 0 Å². The van der Waals surface area contributed by atoms with Gasteiger partial charge in [-0.1, -0.05) is 0 Å². The summed E-state index contributed by atoms with van der Waals surface area (Å²) in [6.45, 7) is 2.44. The zero-order chi connectivity index (χ0) is 26.8. The van der Waals surface area contributed by atoms with Crippen molar-refractivity contribution in [1.82, 2.24) is 9.80 Å². The van der Waals surface area contributed by atoms with Crippen LogP contribution in [0.5, 0.6) is 5.75 Å². The molecule has 0 spiro atoms. The van der Waals surface area contributed by atoms with Crippen molar-refractivity contribution in [3.05, 3.63) is 59.2 Å². The fraction of sp³-hybridized carbons (Fsp3) is 0.444. The Morgan fingerprint density at radius 2 is 1.84 bits per heavy atom. The first-order valence-electron chi connectivity index (χ1n) is 12.6. The predicted octanol–water partition coefficient (Wildman–Crippen LogP) is 2.85. The second-order valence-corrected chi connectivity index (χ2v) is 9.66. The average molecular weight is 530 g/mol. The Morgan fingerprint density at radius 1 is 1.05 bits per heavy atom. The Balaban J connectivity index is 1.27. The first kappa shape index (κ1) is 26.1. The first-order chi connectivity index (χ1) is 18.3. The lowest BCUT2D eigenvalue weighted by Gasteiger charge is -2.42. The number of benzene rings is 2. The minimum absolute atomic E-state index is 0.0382. The number of fused-ring (bicyclic) bond motifs is 2. The van der Waals surface area contributed by atoms with E-state index in [2.05, 4.69) is 5.32 Å². The zero-order valence-electron chi connectivity index (χ0n) is 21.0. The molecule has 9 nitrogen and oxygen atoms in total. The molecule has 3 amide bonds. The Bertz CT molecular complexity index is 1240. The summed E-state index contributed by atoms with van der Waals surface area (Å²) in [7, 11) is 1.70. The highest BCUT2D eigenvalue weighted by atomic mass is 19.2. The van der Waals surface area contributed by atoms with E-state index >= 15 is 0 Å². The molecule has 1 N–H and O–H groups in total. The zero-order valence-corrected chi connectivity index (χ0v) is 21.0. The molecular formula is C27H29F2N3O6. The largest absolute Gasteiger partial charge is 0.490 e. The van der Waals surface area contributed by atoms with Gasteiger partial charge in [-0.05, 0) is 49.2 Å². The Labute approximate surface area is 218 Å². The molecule has 0 saturated carbocycles. The van der Waals surface area contributed by atoms with E-state index in [0.717, 1.165) is 12.1 Å². The minimum Gasteiger partial charge on any atom is -0.490 e. The lowest BCUT2D eigenvalue weighted by molar-refractivity contribution is -0.146. The molecule has 0 bridgehead atoms. The monoisotopic (exact) mass is 529 g/mol. The molecule has 3 heterocycles. The van der Waals surface area contributed by atoms with E-state index in [1.165, 1.54) is 12.1 Å². The van der Waals surface area contributed by atoms with Crippen LogP contribution < -0.4 is 10.1 Å². The Hall–Kier alpha value is -3.57. The molecule has 2 aromatic carbocycles. The molecule has 3 aliphatic heterocycles. The van der Waals surface area contributed by atoms with E-state index < -0.39 is 23.6 Å². The Morgan fingerprint density at radius 3 is 2.61 bits per heavy atom. The van der Waals surface area contributed by atoms with Gasteiger partial charge in [0.25, 0.3) is 11.8 Å². The molecule has 3 aliphatic rings. The third kappa shape index (κ3) is 5.48. The maximum atomic E-state index is 13.5. The van der Waals surface area contributed by atoms with Gasteiger partial charge in [0.2, 0.25) is 5.91 Å². The van der Waals surface area contributed by atoms with Crippen LogP contribution in [0.3, 0.4) is 0 Å². The maximum absolute atomic E-state index is 13.5. The third-order valence-electron chi connectivity index (χ3n) is 7.22. The van der Waals surface area contributed by atoms with E-state index in [4.69, 9.17) is 14.2 Å². The van der Waals surface area contributed by atoms with Gasteiger partial charge in [-0.25, -0.2) is 8.78 Å². The highest BCUT2D eigenvalue weighted by Crippen LogP contribution is 2.33. The third-order valence-corrected chi connectivity index (χ3v) is 7.22. The van der Waals surface area contributed by atoms with Gasteiger partial charge in [-0.2, -0.15) is 0 Å². The molecule has 2 fully saturated rings. The van der Waals surface area contributed by atoms with Crippen molar-refractivity contribution >= 4 is 23.4 Å². The van der Waals surface area contributed by atoms with Crippen LogP contribution in [-0.4, -0.2) is 85.7 Å². The average Bonchev–Trinajstić information content (AvgIpc) is 2.93. The molecule has 0 aliphatic carbocycles. The number of likely N-dealkylation sites (N-methyl/N-ethyl adjacent to an activating group) is 1. The highest BCUT2D eigenvalue weighted by molar-refractivity contribution is 6.05. The van der Waals surface area contributed by atoms with Crippen LogP contribution in [0.2, 0.25) is 0 Å². The lowest BCUT2D eigenvalue weighted by Crippen LogP contribution is -2.54. The number of hydrogen-bond donors (Lipinski definition) is 1. The minimum atomic E-state index is -1.13. The van der Waals surface area contributed by atoms with Crippen LogP contribution >= 0.6 is 0 Å².